The second-order valence-corrected chi connectivity index (χ2v) is 6.64. The van der Waals surface area contributed by atoms with Gasteiger partial charge in [0.1, 0.15) is 5.69 Å². The lowest BCUT2D eigenvalue weighted by molar-refractivity contribution is 0.0941. The van der Waals surface area contributed by atoms with Crippen molar-refractivity contribution in [1.82, 2.24) is 15.1 Å². The number of ether oxygens (including phenoxy) is 1. The Bertz CT molecular complexity index is 753. The van der Waals surface area contributed by atoms with E-state index in [9.17, 15) is 9.18 Å². The van der Waals surface area contributed by atoms with Gasteiger partial charge in [0, 0.05) is 19.2 Å². The Morgan fingerprint density at radius 2 is 2.24 bits per heavy atom. The molecule has 1 aliphatic carbocycles. The van der Waals surface area contributed by atoms with Crippen LogP contribution in [-0.4, -0.2) is 22.3 Å². The molecule has 134 valence electrons. The van der Waals surface area contributed by atoms with Gasteiger partial charge in [-0.05, 0) is 31.4 Å². The molecule has 0 radical (unpaired) electrons. The number of nitrogens with one attached hydrogen (secondary N) is 1. The Morgan fingerprint density at radius 3 is 2.88 bits per heavy atom. The Morgan fingerprint density at radius 1 is 1.44 bits per heavy atom. The van der Waals surface area contributed by atoms with Crippen LogP contribution in [0, 0.1) is 18.7 Å². The summed E-state index contributed by atoms with van der Waals surface area (Å²) < 4.78 is 21.6. The Kier molecular flexibility index (Phi) is 5.36. The number of rotatable bonds is 7. The van der Waals surface area contributed by atoms with E-state index in [-0.39, 0.29) is 18.2 Å². The highest BCUT2D eigenvalue weighted by atomic mass is 19.1. The van der Waals surface area contributed by atoms with Crippen molar-refractivity contribution in [2.24, 2.45) is 13.0 Å². The highest BCUT2D eigenvalue weighted by Crippen LogP contribution is 2.29. The molecule has 0 atom stereocenters. The fourth-order valence-corrected chi connectivity index (χ4v) is 3.01. The molecule has 25 heavy (non-hydrogen) atoms. The largest absolute Gasteiger partial charge is 0.490 e. The van der Waals surface area contributed by atoms with Crippen LogP contribution in [0.1, 0.15) is 47.4 Å². The zero-order chi connectivity index (χ0) is 17.8. The molecule has 1 N–H and O–H groups in total. The van der Waals surface area contributed by atoms with Crippen molar-refractivity contribution in [3.63, 3.8) is 0 Å². The van der Waals surface area contributed by atoms with Gasteiger partial charge in [-0.3, -0.25) is 9.48 Å². The summed E-state index contributed by atoms with van der Waals surface area (Å²) in [7, 11) is 1.71. The molecular weight excluding hydrogens is 321 g/mol. The minimum atomic E-state index is -0.405. The molecule has 0 unspecified atom stereocenters. The third kappa shape index (κ3) is 4.18. The summed E-state index contributed by atoms with van der Waals surface area (Å²) in [6.45, 7) is 2.46. The molecule has 5 nitrogen and oxygen atoms in total. The second-order valence-electron chi connectivity index (χ2n) is 6.64. The number of halogens is 1. The molecule has 0 saturated heterocycles. The Hall–Kier alpha value is -2.37. The average molecular weight is 345 g/mol. The summed E-state index contributed by atoms with van der Waals surface area (Å²) in [6.07, 6.45) is 4.78. The van der Waals surface area contributed by atoms with E-state index in [1.165, 1.54) is 23.9 Å². The van der Waals surface area contributed by atoms with Crippen LogP contribution in [0.25, 0.3) is 0 Å². The number of hydrogen-bond donors (Lipinski definition) is 1. The van der Waals surface area contributed by atoms with Crippen LogP contribution in [0.2, 0.25) is 0 Å². The summed E-state index contributed by atoms with van der Waals surface area (Å²) in [5.74, 6) is 0.298. The van der Waals surface area contributed by atoms with Gasteiger partial charge in [-0.2, -0.15) is 5.10 Å². The fourth-order valence-electron chi connectivity index (χ4n) is 3.01. The number of benzene rings is 1. The number of amides is 1. The van der Waals surface area contributed by atoms with Crippen molar-refractivity contribution in [2.75, 3.05) is 6.61 Å². The number of hydrogen-bond acceptors (Lipinski definition) is 3. The first kappa shape index (κ1) is 17.5. The van der Waals surface area contributed by atoms with E-state index in [4.69, 9.17) is 4.74 Å². The molecule has 1 amide bonds. The molecule has 0 aliphatic heterocycles. The molecule has 3 rings (SSSR count). The lowest BCUT2D eigenvalue weighted by Gasteiger charge is -2.25. The van der Waals surface area contributed by atoms with Gasteiger partial charge in [-0.15, -0.1) is 0 Å². The highest BCUT2D eigenvalue weighted by Gasteiger charge is 2.18. The topological polar surface area (TPSA) is 56.1 Å². The van der Waals surface area contributed by atoms with Gasteiger partial charge in [0.05, 0.1) is 12.3 Å². The molecular formula is C19H24FN3O2. The van der Waals surface area contributed by atoms with Crippen LogP contribution in [-0.2, 0) is 13.6 Å². The smallest absolute Gasteiger partial charge is 0.269 e. The van der Waals surface area contributed by atoms with E-state index >= 15 is 0 Å². The van der Waals surface area contributed by atoms with Gasteiger partial charge in [0.2, 0.25) is 0 Å². The zero-order valence-electron chi connectivity index (χ0n) is 14.7. The lowest BCUT2D eigenvalue weighted by Crippen LogP contribution is -2.25. The Labute approximate surface area is 147 Å². The summed E-state index contributed by atoms with van der Waals surface area (Å²) in [5.41, 5.74) is 1.62. The van der Waals surface area contributed by atoms with Gasteiger partial charge in [-0.1, -0.05) is 31.4 Å². The van der Waals surface area contributed by atoms with E-state index < -0.39 is 5.82 Å². The van der Waals surface area contributed by atoms with Crippen LogP contribution in [0.5, 0.6) is 5.75 Å². The maximum atomic E-state index is 14.5. The molecule has 1 aliphatic rings. The average Bonchev–Trinajstić information content (AvgIpc) is 2.88. The third-order valence-electron chi connectivity index (χ3n) is 4.73. The predicted molar refractivity (Wildman–Crippen MR) is 93.0 cm³/mol. The van der Waals surface area contributed by atoms with Crippen molar-refractivity contribution >= 4 is 5.91 Å². The van der Waals surface area contributed by atoms with Crippen molar-refractivity contribution in [2.45, 2.75) is 39.2 Å². The maximum absolute atomic E-state index is 14.5. The highest BCUT2D eigenvalue weighted by molar-refractivity contribution is 5.92. The predicted octanol–water partition coefficient (Wildman–Crippen LogP) is 3.37. The van der Waals surface area contributed by atoms with Gasteiger partial charge in [0.25, 0.3) is 5.91 Å². The quantitative estimate of drug-likeness (QED) is 0.837. The molecule has 1 aromatic carbocycles. The van der Waals surface area contributed by atoms with Crippen molar-refractivity contribution < 1.29 is 13.9 Å². The number of aryl methyl sites for hydroxylation is 2. The standard InChI is InChI=1S/C19H24FN3O2/c1-13-11-16(23(2)22-13)19(24)21-12-15-7-4-8-17(18(15)20)25-10-9-14-5-3-6-14/h4,7-8,11,14H,3,5-6,9-10,12H2,1-2H3,(H,21,24). The summed E-state index contributed by atoms with van der Waals surface area (Å²) in [6, 6.07) is 6.73. The van der Waals surface area contributed by atoms with E-state index in [0.717, 1.165) is 18.0 Å². The molecule has 1 aromatic heterocycles. The number of carbonyl (C=O) groups excluding carboxylic acids is 1. The lowest BCUT2D eigenvalue weighted by atomic mass is 9.83. The third-order valence-corrected chi connectivity index (χ3v) is 4.73. The van der Waals surface area contributed by atoms with Crippen molar-refractivity contribution in [3.8, 4) is 5.75 Å². The minimum Gasteiger partial charge on any atom is -0.490 e. The van der Waals surface area contributed by atoms with Gasteiger partial charge < -0.3 is 10.1 Å². The van der Waals surface area contributed by atoms with E-state index in [2.05, 4.69) is 10.4 Å². The van der Waals surface area contributed by atoms with E-state index in [1.54, 1.807) is 31.3 Å². The second kappa shape index (κ2) is 7.68. The monoisotopic (exact) mass is 345 g/mol. The number of aromatic nitrogens is 2. The number of carbonyl (C=O) groups is 1. The molecule has 1 fully saturated rings. The molecule has 2 aromatic rings. The maximum Gasteiger partial charge on any atom is 0.269 e. The minimum absolute atomic E-state index is 0.106. The van der Waals surface area contributed by atoms with Gasteiger partial charge >= 0.3 is 0 Å². The van der Waals surface area contributed by atoms with Gasteiger partial charge in [-0.25, -0.2) is 4.39 Å². The molecule has 6 heteroatoms. The van der Waals surface area contributed by atoms with Crippen LogP contribution in [0.4, 0.5) is 4.39 Å². The fraction of sp³-hybridized carbons (Fsp3) is 0.474. The normalized spacial score (nSPS) is 14.2. The van der Waals surface area contributed by atoms with E-state index in [0.29, 0.717) is 17.9 Å². The van der Waals surface area contributed by atoms with Crippen LogP contribution < -0.4 is 10.1 Å². The van der Waals surface area contributed by atoms with Gasteiger partial charge in [0.15, 0.2) is 11.6 Å². The van der Waals surface area contributed by atoms with Crippen LogP contribution >= 0.6 is 0 Å². The molecule has 0 bridgehead atoms. The zero-order valence-corrected chi connectivity index (χ0v) is 14.7. The van der Waals surface area contributed by atoms with Crippen LogP contribution in [0.3, 0.4) is 0 Å². The summed E-state index contributed by atoms with van der Waals surface area (Å²) in [4.78, 5) is 12.2. The van der Waals surface area contributed by atoms with Crippen molar-refractivity contribution in [3.05, 3.63) is 47.0 Å². The first-order chi connectivity index (χ1) is 12.0. The van der Waals surface area contributed by atoms with E-state index in [1.807, 2.05) is 6.92 Å². The summed E-state index contributed by atoms with van der Waals surface area (Å²) >= 11 is 0. The number of nitrogens with zero attached hydrogens (tertiary/aromatic N) is 2. The summed E-state index contributed by atoms with van der Waals surface area (Å²) in [5, 5.41) is 6.87. The first-order valence-electron chi connectivity index (χ1n) is 8.73. The SMILES string of the molecule is Cc1cc(C(=O)NCc2cccc(OCCC3CCC3)c2F)n(C)n1. The molecule has 1 heterocycles. The Balaban J connectivity index is 1.57. The molecule has 1 saturated carbocycles. The van der Waals surface area contributed by atoms with Crippen molar-refractivity contribution in [1.29, 1.82) is 0 Å². The first-order valence-corrected chi connectivity index (χ1v) is 8.73. The molecule has 0 spiro atoms. The van der Waals surface area contributed by atoms with Crippen LogP contribution in [0.15, 0.2) is 24.3 Å².